The normalized spacial score (nSPS) is 21.9. The maximum Gasteiger partial charge on any atom is 0.218 e. The molecule has 2 N–H and O–H groups in total. The van der Waals surface area contributed by atoms with Crippen molar-refractivity contribution in [2.75, 3.05) is 13.6 Å². The van der Waals surface area contributed by atoms with Crippen molar-refractivity contribution >= 4 is 27.2 Å². The molecule has 0 bridgehead atoms. The number of sulfonamides is 1. The molecule has 1 fully saturated rings. The van der Waals surface area contributed by atoms with E-state index in [4.69, 9.17) is 18.0 Å². The van der Waals surface area contributed by atoms with E-state index in [-0.39, 0.29) is 5.75 Å². The minimum absolute atomic E-state index is 0.0161. The van der Waals surface area contributed by atoms with Gasteiger partial charge in [0.2, 0.25) is 10.0 Å². The van der Waals surface area contributed by atoms with Gasteiger partial charge in [-0.05, 0) is 23.8 Å². The zero-order valence-corrected chi connectivity index (χ0v) is 13.4. The summed E-state index contributed by atoms with van der Waals surface area (Å²) in [5.74, 6) is 1.19. The van der Waals surface area contributed by atoms with Crippen molar-refractivity contribution in [2.45, 2.75) is 19.1 Å². The maximum absolute atomic E-state index is 12.3. The second-order valence-corrected chi connectivity index (χ2v) is 8.09. The van der Waals surface area contributed by atoms with E-state index < -0.39 is 10.0 Å². The topological polar surface area (TPSA) is 63.4 Å². The van der Waals surface area contributed by atoms with Gasteiger partial charge in [0.1, 0.15) is 4.99 Å². The Hall–Kier alpha value is -0.980. The van der Waals surface area contributed by atoms with Crippen molar-refractivity contribution < 1.29 is 8.42 Å². The van der Waals surface area contributed by atoms with Crippen LogP contribution in [0.2, 0.25) is 0 Å². The third kappa shape index (κ3) is 3.77. The van der Waals surface area contributed by atoms with E-state index in [0.29, 0.717) is 23.4 Å². The Morgan fingerprint density at radius 1 is 1.40 bits per heavy atom. The molecular formula is C14H20N2O2S2. The minimum atomic E-state index is -3.26. The van der Waals surface area contributed by atoms with Crippen LogP contribution in [-0.4, -0.2) is 31.3 Å². The van der Waals surface area contributed by atoms with Crippen molar-refractivity contribution in [2.24, 2.45) is 17.6 Å². The van der Waals surface area contributed by atoms with Gasteiger partial charge in [-0.2, -0.15) is 0 Å². The molecule has 0 heterocycles. The summed E-state index contributed by atoms with van der Waals surface area (Å²) in [6, 6.07) is 7.05. The molecule has 1 aromatic rings. The lowest BCUT2D eigenvalue weighted by molar-refractivity contribution is 0.444. The van der Waals surface area contributed by atoms with Crippen LogP contribution in [-0.2, 0) is 15.8 Å². The molecule has 6 heteroatoms. The van der Waals surface area contributed by atoms with Crippen LogP contribution in [0.15, 0.2) is 24.3 Å². The molecule has 1 aromatic carbocycles. The Morgan fingerprint density at radius 2 is 1.95 bits per heavy atom. The molecule has 0 aliphatic heterocycles. The molecule has 2 atom stereocenters. The van der Waals surface area contributed by atoms with Crippen LogP contribution in [0.3, 0.4) is 0 Å². The highest BCUT2D eigenvalue weighted by Gasteiger charge is 2.35. The van der Waals surface area contributed by atoms with Gasteiger partial charge in [-0.15, -0.1) is 0 Å². The van der Waals surface area contributed by atoms with Crippen LogP contribution in [0.4, 0.5) is 0 Å². The zero-order valence-electron chi connectivity index (χ0n) is 11.7. The smallest absolute Gasteiger partial charge is 0.218 e. The molecule has 2 unspecified atom stereocenters. The highest BCUT2D eigenvalue weighted by molar-refractivity contribution is 7.88. The van der Waals surface area contributed by atoms with E-state index >= 15 is 0 Å². The summed E-state index contributed by atoms with van der Waals surface area (Å²) in [5, 5.41) is 0. The number of nitrogens with two attached hydrogens (primary N) is 1. The lowest BCUT2D eigenvalue weighted by atomic mass is 10.1. The summed E-state index contributed by atoms with van der Waals surface area (Å²) >= 11 is 4.87. The number of hydrogen-bond donors (Lipinski definition) is 1. The quantitative estimate of drug-likeness (QED) is 0.813. The molecule has 20 heavy (non-hydrogen) atoms. The van der Waals surface area contributed by atoms with Gasteiger partial charge in [0.25, 0.3) is 0 Å². The number of hydrogen-bond acceptors (Lipinski definition) is 3. The van der Waals surface area contributed by atoms with E-state index in [1.165, 1.54) is 4.31 Å². The molecule has 4 nitrogen and oxygen atoms in total. The van der Waals surface area contributed by atoms with E-state index in [0.717, 1.165) is 17.5 Å². The van der Waals surface area contributed by atoms with E-state index in [9.17, 15) is 8.42 Å². The Balaban J connectivity index is 2.01. The van der Waals surface area contributed by atoms with Gasteiger partial charge in [-0.25, -0.2) is 12.7 Å². The number of benzene rings is 1. The van der Waals surface area contributed by atoms with Crippen LogP contribution in [0.25, 0.3) is 0 Å². The molecule has 1 aliphatic carbocycles. The van der Waals surface area contributed by atoms with Gasteiger partial charge in [0.15, 0.2) is 0 Å². The molecule has 0 spiro atoms. The third-order valence-corrected chi connectivity index (χ3v) is 5.86. The van der Waals surface area contributed by atoms with Gasteiger partial charge in [-0.3, -0.25) is 0 Å². The predicted octanol–water partition coefficient (Wildman–Crippen LogP) is 1.74. The molecule has 110 valence electrons. The van der Waals surface area contributed by atoms with Crippen molar-refractivity contribution in [3.63, 3.8) is 0 Å². The first-order valence-electron chi connectivity index (χ1n) is 6.62. The lowest BCUT2D eigenvalue weighted by Gasteiger charge is -2.17. The first-order valence-corrected chi connectivity index (χ1v) is 8.64. The second kappa shape index (κ2) is 5.79. The number of rotatable bonds is 6. The molecule has 0 aromatic heterocycles. The first-order chi connectivity index (χ1) is 9.29. The van der Waals surface area contributed by atoms with Gasteiger partial charge in [-0.1, -0.05) is 43.4 Å². The minimum Gasteiger partial charge on any atom is -0.389 e. The van der Waals surface area contributed by atoms with E-state index in [1.807, 2.05) is 0 Å². The molecule has 1 aliphatic rings. The average Bonchev–Trinajstić information content (AvgIpc) is 3.05. The van der Waals surface area contributed by atoms with Gasteiger partial charge < -0.3 is 5.73 Å². The standard InChI is InChI=1S/C14H20N2O2S2/c1-10-7-13(10)8-16(2)20(17,18)9-11-3-5-12(6-4-11)14(15)19/h3-6,10,13H,7-9H2,1-2H3,(H2,15,19). The van der Waals surface area contributed by atoms with Crippen molar-refractivity contribution in [1.29, 1.82) is 0 Å². The third-order valence-electron chi connectivity index (χ3n) is 3.83. The monoisotopic (exact) mass is 312 g/mol. The van der Waals surface area contributed by atoms with Crippen LogP contribution >= 0.6 is 12.2 Å². The van der Waals surface area contributed by atoms with Crippen molar-refractivity contribution in [1.82, 2.24) is 4.31 Å². The summed E-state index contributed by atoms with van der Waals surface area (Å²) in [7, 11) is -1.60. The molecular weight excluding hydrogens is 292 g/mol. The number of thiocarbonyl (C=S) groups is 1. The highest BCUT2D eigenvalue weighted by atomic mass is 32.2. The Labute approximate surface area is 126 Å². The largest absolute Gasteiger partial charge is 0.389 e. The molecule has 0 saturated heterocycles. The lowest BCUT2D eigenvalue weighted by Crippen LogP contribution is -2.30. The van der Waals surface area contributed by atoms with E-state index in [1.54, 1.807) is 31.3 Å². The molecule has 0 radical (unpaired) electrons. The maximum atomic E-state index is 12.3. The van der Waals surface area contributed by atoms with Gasteiger partial charge in [0.05, 0.1) is 5.75 Å². The molecule has 1 saturated carbocycles. The second-order valence-electron chi connectivity index (χ2n) is 5.57. The van der Waals surface area contributed by atoms with Crippen LogP contribution < -0.4 is 5.73 Å². The van der Waals surface area contributed by atoms with Crippen molar-refractivity contribution in [3.8, 4) is 0 Å². The zero-order chi connectivity index (χ0) is 14.9. The summed E-state index contributed by atoms with van der Waals surface area (Å²) in [6.45, 7) is 2.77. The Bertz CT molecular complexity index is 596. The molecule has 0 amide bonds. The first kappa shape index (κ1) is 15.4. The summed E-state index contributed by atoms with van der Waals surface area (Å²) < 4.78 is 26.0. The van der Waals surface area contributed by atoms with Gasteiger partial charge in [0, 0.05) is 19.2 Å². The summed E-state index contributed by atoms with van der Waals surface area (Å²) in [5.41, 5.74) is 7.02. The van der Waals surface area contributed by atoms with Crippen molar-refractivity contribution in [3.05, 3.63) is 35.4 Å². The Morgan fingerprint density at radius 3 is 2.40 bits per heavy atom. The predicted molar refractivity (Wildman–Crippen MR) is 84.9 cm³/mol. The molecule has 2 rings (SSSR count). The average molecular weight is 312 g/mol. The van der Waals surface area contributed by atoms with Crippen LogP contribution in [0, 0.1) is 11.8 Å². The summed E-state index contributed by atoms with van der Waals surface area (Å²) in [4.78, 5) is 0.319. The summed E-state index contributed by atoms with van der Waals surface area (Å²) in [6.07, 6.45) is 1.13. The fraction of sp³-hybridized carbons (Fsp3) is 0.500. The van der Waals surface area contributed by atoms with Crippen LogP contribution in [0.1, 0.15) is 24.5 Å². The van der Waals surface area contributed by atoms with Gasteiger partial charge >= 0.3 is 0 Å². The fourth-order valence-electron chi connectivity index (χ4n) is 2.18. The highest BCUT2D eigenvalue weighted by Crippen LogP contribution is 2.38. The van der Waals surface area contributed by atoms with Crippen LogP contribution in [0.5, 0.6) is 0 Å². The fourth-order valence-corrected chi connectivity index (χ4v) is 3.57. The Kier molecular flexibility index (Phi) is 4.46. The number of nitrogens with zero attached hydrogens (tertiary/aromatic N) is 1. The SMILES string of the molecule is CC1CC1CN(C)S(=O)(=O)Cc1ccc(C(N)=S)cc1. The van der Waals surface area contributed by atoms with E-state index in [2.05, 4.69) is 6.92 Å².